The number of aliphatic hydroxyl groups excluding tert-OH is 1. The van der Waals surface area contributed by atoms with Crippen LogP contribution in [-0.4, -0.2) is 46.6 Å². The van der Waals surface area contributed by atoms with E-state index in [0.29, 0.717) is 10.8 Å². The van der Waals surface area contributed by atoms with Gasteiger partial charge in [0.1, 0.15) is 5.82 Å². The summed E-state index contributed by atoms with van der Waals surface area (Å²) in [6.45, 7) is 2.58. The van der Waals surface area contributed by atoms with Gasteiger partial charge < -0.3 is 10.4 Å². The van der Waals surface area contributed by atoms with E-state index in [0.717, 1.165) is 25.8 Å². The van der Waals surface area contributed by atoms with Gasteiger partial charge in [0.25, 0.3) is 0 Å². The van der Waals surface area contributed by atoms with Crippen molar-refractivity contribution in [2.45, 2.75) is 38.3 Å². The third kappa shape index (κ3) is 4.40. The van der Waals surface area contributed by atoms with E-state index in [9.17, 15) is 9.90 Å². The van der Waals surface area contributed by atoms with Gasteiger partial charge in [-0.1, -0.05) is 18.0 Å². The first-order chi connectivity index (χ1) is 9.97. The normalized spacial score (nSPS) is 23.3. The fourth-order valence-electron chi connectivity index (χ4n) is 2.64. The molecule has 1 aliphatic rings. The molecule has 5 nitrogen and oxygen atoms in total. The van der Waals surface area contributed by atoms with Crippen LogP contribution in [0, 0.1) is 5.92 Å². The van der Waals surface area contributed by atoms with Crippen LogP contribution in [0.25, 0.3) is 0 Å². The van der Waals surface area contributed by atoms with Crippen molar-refractivity contribution >= 4 is 23.3 Å². The summed E-state index contributed by atoms with van der Waals surface area (Å²) in [6, 6.07) is 3.08. The Bertz CT molecular complexity index is 480. The molecule has 1 amide bonds. The molecule has 1 heterocycles. The molecule has 0 bridgehead atoms. The van der Waals surface area contributed by atoms with Gasteiger partial charge in [0.15, 0.2) is 0 Å². The number of nitrogens with zero attached hydrogens (tertiary/aromatic N) is 2. The molecule has 1 aliphatic carbocycles. The molecule has 116 valence electrons. The van der Waals surface area contributed by atoms with E-state index >= 15 is 0 Å². The van der Waals surface area contributed by atoms with Gasteiger partial charge in [0, 0.05) is 12.7 Å². The molecule has 2 N–H and O–H groups in total. The molecule has 1 aromatic heterocycles. The minimum absolute atomic E-state index is 0.111. The van der Waals surface area contributed by atoms with E-state index in [2.05, 4.69) is 10.3 Å². The standard InChI is InChI=1S/C15H22ClN3O2/c1-10(19(2)9-11-4-3-5-13(11)20)15(21)18-14-7-6-12(16)8-17-14/h6-8,10-11,13,20H,3-5,9H2,1-2H3,(H,17,18,21). The molecule has 1 saturated carbocycles. The number of aromatic nitrogens is 1. The number of amides is 1. The lowest BCUT2D eigenvalue weighted by Crippen LogP contribution is -2.43. The number of rotatable bonds is 5. The van der Waals surface area contributed by atoms with Gasteiger partial charge in [-0.3, -0.25) is 9.69 Å². The number of carbonyl (C=O) groups is 1. The minimum atomic E-state index is -0.282. The van der Waals surface area contributed by atoms with Crippen LogP contribution in [0.15, 0.2) is 18.3 Å². The minimum Gasteiger partial charge on any atom is -0.393 e. The maximum absolute atomic E-state index is 12.2. The molecule has 0 aromatic carbocycles. The molecule has 1 fully saturated rings. The second-order valence-corrected chi connectivity index (χ2v) is 6.16. The molecule has 2 rings (SSSR count). The first kappa shape index (κ1) is 16.2. The van der Waals surface area contributed by atoms with E-state index in [1.807, 2.05) is 18.9 Å². The van der Waals surface area contributed by atoms with Gasteiger partial charge in [-0.2, -0.15) is 0 Å². The summed E-state index contributed by atoms with van der Waals surface area (Å²) in [7, 11) is 1.91. The van der Waals surface area contributed by atoms with Crippen molar-refractivity contribution in [1.82, 2.24) is 9.88 Å². The second-order valence-electron chi connectivity index (χ2n) is 5.72. The second kappa shape index (κ2) is 7.20. The number of aliphatic hydroxyl groups is 1. The molecule has 0 aliphatic heterocycles. The molecular formula is C15H22ClN3O2. The fraction of sp³-hybridized carbons (Fsp3) is 0.600. The first-order valence-electron chi connectivity index (χ1n) is 7.28. The summed E-state index contributed by atoms with van der Waals surface area (Å²) in [6.07, 6.45) is 4.22. The average Bonchev–Trinajstić information content (AvgIpc) is 2.86. The van der Waals surface area contributed by atoms with Gasteiger partial charge in [0.05, 0.1) is 17.2 Å². The Morgan fingerprint density at radius 2 is 2.33 bits per heavy atom. The molecular weight excluding hydrogens is 290 g/mol. The Balaban J connectivity index is 1.87. The highest BCUT2D eigenvalue weighted by molar-refractivity contribution is 6.30. The Hall–Kier alpha value is -1.17. The Kier molecular flexibility index (Phi) is 5.56. The van der Waals surface area contributed by atoms with Crippen LogP contribution >= 0.6 is 11.6 Å². The number of hydrogen-bond acceptors (Lipinski definition) is 4. The zero-order chi connectivity index (χ0) is 15.4. The highest BCUT2D eigenvalue weighted by atomic mass is 35.5. The summed E-state index contributed by atoms with van der Waals surface area (Å²) < 4.78 is 0. The number of anilines is 1. The van der Waals surface area contributed by atoms with E-state index in [1.54, 1.807) is 12.1 Å². The Morgan fingerprint density at radius 1 is 1.57 bits per heavy atom. The van der Waals surface area contributed by atoms with Gasteiger partial charge in [-0.05, 0) is 44.9 Å². The highest BCUT2D eigenvalue weighted by Gasteiger charge is 2.28. The topological polar surface area (TPSA) is 65.5 Å². The van der Waals surface area contributed by atoms with Crippen molar-refractivity contribution in [3.8, 4) is 0 Å². The fourth-order valence-corrected chi connectivity index (χ4v) is 2.75. The van der Waals surface area contributed by atoms with Crippen molar-refractivity contribution < 1.29 is 9.90 Å². The maximum Gasteiger partial charge on any atom is 0.242 e. The predicted octanol–water partition coefficient (Wildman–Crippen LogP) is 2.15. The molecule has 0 radical (unpaired) electrons. The van der Waals surface area contributed by atoms with E-state index < -0.39 is 0 Å². The number of nitrogens with one attached hydrogen (secondary N) is 1. The van der Waals surface area contributed by atoms with Crippen LogP contribution in [0.3, 0.4) is 0 Å². The van der Waals surface area contributed by atoms with Crippen molar-refractivity contribution in [2.75, 3.05) is 18.9 Å². The maximum atomic E-state index is 12.2. The number of halogens is 1. The molecule has 1 aromatic rings. The van der Waals surface area contributed by atoms with Crippen molar-refractivity contribution in [1.29, 1.82) is 0 Å². The van der Waals surface area contributed by atoms with Gasteiger partial charge in [-0.15, -0.1) is 0 Å². The summed E-state index contributed by atoms with van der Waals surface area (Å²) in [5.41, 5.74) is 0. The van der Waals surface area contributed by atoms with Crippen molar-refractivity contribution in [3.05, 3.63) is 23.4 Å². The molecule has 6 heteroatoms. The van der Waals surface area contributed by atoms with Crippen LogP contribution in [0.4, 0.5) is 5.82 Å². The van der Waals surface area contributed by atoms with Crippen molar-refractivity contribution in [3.63, 3.8) is 0 Å². The van der Waals surface area contributed by atoms with Gasteiger partial charge >= 0.3 is 0 Å². The third-order valence-corrected chi connectivity index (χ3v) is 4.38. The van der Waals surface area contributed by atoms with Crippen LogP contribution in [0.1, 0.15) is 26.2 Å². The number of likely N-dealkylation sites (N-methyl/N-ethyl adjacent to an activating group) is 1. The zero-order valence-electron chi connectivity index (χ0n) is 12.4. The van der Waals surface area contributed by atoms with Crippen LogP contribution in [0.2, 0.25) is 5.02 Å². The Labute approximate surface area is 130 Å². The lowest BCUT2D eigenvalue weighted by molar-refractivity contribution is -0.120. The summed E-state index contributed by atoms with van der Waals surface area (Å²) in [5.74, 6) is 0.643. The summed E-state index contributed by atoms with van der Waals surface area (Å²) >= 11 is 5.76. The van der Waals surface area contributed by atoms with E-state index in [1.165, 1.54) is 6.20 Å². The largest absolute Gasteiger partial charge is 0.393 e. The number of pyridine rings is 1. The molecule has 21 heavy (non-hydrogen) atoms. The lowest BCUT2D eigenvalue weighted by Gasteiger charge is -2.27. The Morgan fingerprint density at radius 3 is 2.90 bits per heavy atom. The zero-order valence-corrected chi connectivity index (χ0v) is 13.2. The predicted molar refractivity (Wildman–Crippen MR) is 83.3 cm³/mol. The SMILES string of the molecule is CC(C(=O)Nc1ccc(Cl)cn1)N(C)CC1CCCC1O. The van der Waals surface area contributed by atoms with Crippen LogP contribution in [-0.2, 0) is 4.79 Å². The number of carbonyl (C=O) groups excluding carboxylic acids is 1. The highest BCUT2D eigenvalue weighted by Crippen LogP contribution is 2.26. The van der Waals surface area contributed by atoms with Crippen molar-refractivity contribution in [2.24, 2.45) is 5.92 Å². The molecule has 3 unspecified atom stereocenters. The number of hydrogen-bond donors (Lipinski definition) is 2. The third-order valence-electron chi connectivity index (χ3n) is 4.16. The van der Waals surface area contributed by atoms with Gasteiger partial charge in [-0.25, -0.2) is 4.98 Å². The quantitative estimate of drug-likeness (QED) is 0.874. The van der Waals surface area contributed by atoms with Gasteiger partial charge in [0.2, 0.25) is 5.91 Å². The van der Waals surface area contributed by atoms with Crippen LogP contribution in [0.5, 0.6) is 0 Å². The van der Waals surface area contributed by atoms with Crippen LogP contribution < -0.4 is 5.32 Å². The van der Waals surface area contributed by atoms with E-state index in [4.69, 9.17) is 11.6 Å². The smallest absolute Gasteiger partial charge is 0.242 e. The molecule has 0 spiro atoms. The monoisotopic (exact) mass is 311 g/mol. The van der Waals surface area contributed by atoms with E-state index in [-0.39, 0.29) is 24.0 Å². The lowest BCUT2D eigenvalue weighted by atomic mass is 10.0. The first-order valence-corrected chi connectivity index (χ1v) is 7.66. The summed E-state index contributed by atoms with van der Waals surface area (Å²) in [5, 5.41) is 13.2. The summed E-state index contributed by atoms with van der Waals surface area (Å²) in [4.78, 5) is 18.2. The average molecular weight is 312 g/mol. The molecule has 3 atom stereocenters. The molecule has 0 saturated heterocycles.